The molecule has 1 rings (SSSR count). The molecule has 0 aliphatic heterocycles. The Kier molecular flexibility index (Phi) is 6.20. The van der Waals surface area contributed by atoms with Gasteiger partial charge < -0.3 is 4.74 Å². The molecule has 0 aliphatic rings. The number of benzene rings is 1. The van der Waals surface area contributed by atoms with E-state index in [0.717, 1.165) is 0 Å². The fourth-order valence-corrected chi connectivity index (χ4v) is 2.61. The fourth-order valence-electron chi connectivity index (χ4n) is 1.36. The van der Waals surface area contributed by atoms with Crippen LogP contribution in [0, 0.1) is 10.1 Å². The molecule has 0 bridgehead atoms. The lowest BCUT2D eigenvalue weighted by Crippen LogP contribution is -2.45. The molecule has 1 aromatic rings. The molecule has 0 aromatic heterocycles. The van der Waals surface area contributed by atoms with Gasteiger partial charge in [-0.2, -0.15) is 0 Å². The minimum absolute atomic E-state index is 0.0886. The van der Waals surface area contributed by atoms with E-state index in [1.54, 1.807) is 24.5 Å². The molecule has 22 heavy (non-hydrogen) atoms. The second-order valence-electron chi connectivity index (χ2n) is 4.73. The number of nitrogens with one attached hydrogen (secondary N) is 1. The number of halogens is 3. The number of carbonyl (C=O) groups is 1. The van der Waals surface area contributed by atoms with Crippen LogP contribution in [0.5, 0.6) is 0 Å². The largest absolute Gasteiger partial charge is 0.450 e. The summed E-state index contributed by atoms with van der Waals surface area (Å²) in [4.78, 5) is 22.7. The standard InChI is InChI=1S/C12H13Cl3N2O4S/c1-11(2,12(13,14)15)21-10(18)16-22(3)9-7-5-4-6-8(9)17(19)20/h4-7H,1-3H3/p+1. The highest BCUT2D eigenvalue weighted by atomic mass is 35.6. The molecule has 10 heteroatoms. The number of carbonyl (C=O) groups excluding carboxylic acids is 1. The smallest absolute Gasteiger partial charge is 0.436 e. The lowest BCUT2D eigenvalue weighted by atomic mass is 10.2. The second kappa shape index (κ2) is 7.12. The summed E-state index contributed by atoms with van der Waals surface area (Å²) in [5, 5.41) is 11.0. The minimum atomic E-state index is -1.81. The van der Waals surface area contributed by atoms with Crippen molar-refractivity contribution in [3.63, 3.8) is 0 Å². The molecule has 1 amide bonds. The van der Waals surface area contributed by atoms with Crippen LogP contribution in [0.1, 0.15) is 13.8 Å². The van der Waals surface area contributed by atoms with Crippen molar-refractivity contribution in [2.75, 3.05) is 6.26 Å². The summed E-state index contributed by atoms with van der Waals surface area (Å²) in [6, 6.07) is 6.10. The molecule has 122 valence electrons. The van der Waals surface area contributed by atoms with Crippen molar-refractivity contribution in [2.45, 2.75) is 28.1 Å². The first-order chi connectivity index (χ1) is 9.95. The predicted molar refractivity (Wildman–Crippen MR) is 88.6 cm³/mol. The summed E-state index contributed by atoms with van der Waals surface area (Å²) in [7, 11) is 0. The minimum Gasteiger partial charge on any atom is -0.436 e. The number of hydrogen-bond acceptors (Lipinski definition) is 4. The van der Waals surface area contributed by atoms with Crippen LogP contribution < -0.4 is 4.72 Å². The van der Waals surface area contributed by atoms with Gasteiger partial charge in [-0.05, 0) is 13.8 Å². The van der Waals surface area contributed by atoms with Crippen LogP contribution in [0.2, 0.25) is 0 Å². The van der Waals surface area contributed by atoms with E-state index in [1.165, 1.54) is 19.9 Å². The van der Waals surface area contributed by atoms with Crippen LogP contribution in [-0.4, -0.2) is 26.7 Å². The van der Waals surface area contributed by atoms with E-state index < -0.39 is 31.5 Å². The maximum atomic E-state index is 11.9. The molecule has 0 aliphatic carbocycles. The Balaban J connectivity index is 2.84. The van der Waals surface area contributed by atoms with Gasteiger partial charge in [-0.1, -0.05) is 46.9 Å². The van der Waals surface area contributed by atoms with Crippen molar-refractivity contribution in [1.29, 1.82) is 0 Å². The van der Waals surface area contributed by atoms with E-state index in [9.17, 15) is 14.9 Å². The van der Waals surface area contributed by atoms with Crippen LogP contribution in [0.25, 0.3) is 0 Å². The zero-order valence-electron chi connectivity index (χ0n) is 11.9. The number of nitro benzene ring substituents is 1. The Labute approximate surface area is 145 Å². The molecular formula is C12H14Cl3N2O4S+. The van der Waals surface area contributed by atoms with E-state index in [1.807, 2.05) is 0 Å². The summed E-state index contributed by atoms with van der Waals surface area (Å²) in [6.07, 6.45) is 0.784. The Morgan fingerprint density at radius 1 is 1.32 bits per heavy atom. The van der Waals surface area contributed by atoms with Crippen molar-refractivity contribution < 1.29 is 14.5 Å². The Hall–Kier alpha value is -0.890. The lowest BCUT2D eigenvalue weighted by molar-refractivity contribution is -0.387. The first-order valence-electron chi connectivity index (χ1n) is 5.91. The third kappa shape index (κ3) is 4.81. The van der Waals surface area contributed by atoms with Gasteiger partial charge in [-0.3, -0.25) is 10.1 Å². The van der Waals surface area contributed by atoms with E-state index in [0.29, 0.717) is 4.90 Å². The van der Waals surface area contributed by atoms with Gasteiger partial charge >= 0.3 is 11.8 Å². The number of ether oxygens (including phenoxy) is 1. The number of nitro groups is 1. The van der Waals surface area contributed by atoms with E-state index in [2.05, 4.69) is 4.72 Å². The normalized spacial score (nSPS) is 13.4. The van der Waals surface area contributed by atoms with Gasteiger partial charge in [-0.25, -0.2) is 4.79 Å². The number of hydrogen-bond donors (Lipinski definition) is 1. The average Bonchev–Trinajstić information content (AvgIpc) is 2.36. The van der Waals surface area contributed by atoms with Crippen LogP contribution >= 0.6 is 34.8 Å². The van der Waals surface area contributed by atoms with Gasteiger partial charge in [-0.15, -0.1) is 4.72 Å². The highest BCUT2D eigenvalue weighted by molar-refractivity contribution is 7.95. The van der Waals surface area contributed by atoms with Crippen molar-refractivity contribution in [3.05, 3.63) is 34.4 Å². The van der Waals surface area contributed by atoms with Crippen molar-refractivity contribution in [3.8, 4) is 0 Å². The first-order valence-corrected chi connectivity index (χ1v) is 8.68. The summed E-state index contributed by atoms with van der Waals surface area (Å²) < 4.78 is 5.78. The maximum Gasteiger partial charge on any atom is 0.450 e. The Bertz CT molecular complexity index is 578. The zero-order chi connectivity index (χ0) is 17.1. The van der Waals surface area contributed by atoms with Gasteiger partial charge in [0.2, 0.25) is 3.79 Å². The van der Waals surface area contributed by atoms with Gasteiger partial charge in [0.25, 0.3) is 4.90 Å². The van der Waals surface area contributed by atoms with Crippen LogP contribution in [0.3, 0.4) is 0 Å². The van der Waals surface area contributed by atoms with Crippen molar-refractivity contribution in [1.82, 2.24) is 4.72 Å². The second-order valence-corrected chi connectivity index (χ2v) is 8.68. The monoisotopic (exact) mass is 387 g/mol. The number of alkyl halides is 3. The van der Waals surface area contributed by atoms with E-state index in [-0.39, 0.29) is 5.69 Å². The van der Waals surface area contributed by atoms with E-state index >= 15 is 0 Å². The average molecular weight is 389 g/mol. The predicted octanol–water partition coefficient (Wildman–Crippen LogP) is 3.99. The van der Waals surface area contributed by atoms with Gasteiger partial charge in [0.15, 0.2) is 5.60 Å². The van der Waals surface area contributed by atoms with Gasteiger partial charge in [0.05, 0.1) is 4.92 Å². The molecular weight excluding hydrogens is 375 g/mol. The maximum absolute atomic E-state index is 11.9. The third-order valence-corrected chi connectivity index (χ3v) is 5.50. The molecule has 0 heterocycles. The quantitative estimate of drug-likeness (QED) is 0.366. The SMILES string of the molecule is C[S+](NC(=O)OC(C)(C)C(Cl)(Cl)Cl)c1ccccc1[N+](=O)[O-]. The molecule has 1 unspecified atom stereocenters. The summed E-state index contributed by atoms with van der Waals surface area (Å²) in [5.74, 6) is 0. The first kappa shape index (κ1) is 19.2. The van der Waals surface area contributed by atoms with Gasteiger partial charge in [0, 0.05) is 12.1 Å². The van der Waals surface area contributed by atoms with E-state index in [4.69, 9.17) is 39.5 Å². The highest BCUT2D eigenvalue weighted by Gasteiger charge is 2.45. The van der Waals surface area contributed by atoms with Gasteiger partial charge in [0.1, 0.15) is 17.3 Å². The Morgan fingerprint density at radius 2 is 1.86 bits per heavy atom. The summed E-state index contributed by atoms with van der Waals surface area (Å²) in [6.45, 7) is 2.89. The molecule has 6 nitrogen and oxygen atoms in total. The number of amides is 1. The van der Waals surface area contributed by atoms with Crippen molar-refractivity contribution in [2.24, 2.45) is 0 Å². The summed E-state index contributed by atoms with van der Waals surface area (Å²) >= 11 is 16.2. The molecule has 0 spiro atoms. The van der Waals surface area contributed by atoms with Crippen LogP contribution in [-0.2, 0) is 15.8 Å². The highest BCUT2D eigenvalue weighted by Crippen LogP contribution is 2.40. The molecule has 1 atom stereocenters. The topological polar surface area (TPSA) is 81.5 Å². The zero-order valence-corrected chi connectivity index (χ0v) is 15.0. The molecule has 1 N–H and O–H groups in total. The molecule has 0 radical (unpaired) electrons. The molecule has 1 aromatic carbocycles. The van der Waals surface area contributed by atoms with Crippen LogP contribution in [0.15, 0.2) is 29.2 Å². The lowest BCUT2D eigenvalue weighted by Gasteiger charge is -2.31. The molecule has 0 fully saturated rings. The number of rotatable bonds is 4. The third-order valence-electron chi connectivity index (χ3n) is 2.66. The number of para-hydroxylation sites is 1. The number of nitrogens with zero attached hydrogens (tertiary/aromatic N) is 1. The summed E-state index contributed by atoms with van der Waals surface area (Å²) in [5.41, 5.74) is -1.46. The fraction of sp³-hybridized carbons (Fsp3) is 0.417. The van der Waals surface area contributed by atoms with Crippen LogP contribution in [0.4, 0.5) is 10.5 Å². The van der Waals surface area contributed by atoms with Crippen molar-refractivity contribution >= 4 is 57.7 Å². The molecule has 0 saturated heterocycles. The molecule has 0 saturated carbocycles. The Morgan fingerprint density at radius 3 is 2.36 bits per heavy atom.